The van der Waals surface area contributed by atoms with Crippen LogP contribution in [0.5, 0.6) is 5.75 Å². The summed E-state index contributed by atoms with van der Waals surface area (Å²) in [4.78, 5) is 19.5. The summed E-state index contributed by atoms with van der Waals surface area (Å²) in [7, 11) is -4.81. The second-order valence-corrected chi connectivity index (χ2v) is 8.53. The van der Waals surface area contributed by atoms with Gasteiger partial charge in [-0.15, -0.1) is 0 Å². The monoisotopic (exact) mass is 426 g/mol. The van der Waals surface area contributed by atoms with Crippen LogP contribution in [0.2, 0.25) is 0 Å². The number of rotatable bonds is 4. The molecule has 2 N–H and O–H groups in total. The van der Waals surface area contributed by atoms with E-state index in [1.165, 1.54) is 0 Å². The molecule has 0 spiro atoms. The molecule has 0 heterocycles. The highest BCUT2D eigenvalue weighted by Gasteiger charge is 2.25. The van der Waals surface area contributed by atoms with Gasteiger partial charge in [0.05, 0.1) is 0 Å². The molecule has 0 aliphatic rings. The second kappa shape index (κ2) is 7.68. The zero-order valence-corrected chi connectivity index (χ0v) is 17.4. The zero-order chi connectivity index (χ0) is 21.4. The van der Waals surface area contributed by atoms with Gasteiger partial charge in [-0.25, -0.2) is 4.57 Å². The van der Waals surface area contributed by atoms with Gasteiger partial charge in [-0.2, -0.15) is 0 Å². The number of phosphoric ester groups is 1. The van der Waals surface area contributed by atoms with Crippen molar-refractivity contribution >= 4 is 29.4 Å². The average Bonchev–Trinajstić information content (AvgIpc) is 2.78. The zero-order valence-electron chi connectivity index (χ0n) is 16.5. The third-order valence-electron chi connectivity index (χ3n) is 5.32. The van der Waals surface area contributed by atoms with Crippen LogP contribution >= 0.6 is 7.82 Å². The van der Waals surface area contributed by atoms with Crippen molar-refractivity contribution < 1.29 is 18.9 Å². The minimum Gasteiger partial charge on any atom is -0.403 e. The topological polar surface area (TPSA) is 66.8 Å². The van der Waals surface area contributed by atoms with Crippen LogP contribution in [0.4, 0.5) is 0 Å². The molecule has 0 aliphatic heterocycles. The van der Waals surface area contributed by atoms with Crippen LogP contribution in [0.1, 0.15) is 0 Å². The Balaban J connectivity index is 1.96. The summed E-state index contributed by atoms with van der Waals surface area (Å²) in [5.74, 6) is 0.182. The van der Waals surface area contributed by atoms with Crippen LogP contribution in [0.25, 0.3) is 43.8 Å². The molecule has 0 saturated carbocycles. The van der Waals surface area contributed by atoms with Crippen LogP contribution in [-0.2, 0) is 4.57 Å². The van der Waals surface area contributed by atoms with Gasteiger partial charge in [0.25, 0.3) is 0 Å². The molecule has 0 fully saturated rings. The number of hydrogen-bond acceptors (Lipinski definition) is 2. The predicted molar refractivity (Wildman–Crippen MR) is 125 cm³/mol. The molecule has 31 heavy (non-hydrogen) atoms. The van der Waals surface area contributed by atoms with Crippen molar-refractivity contribution in [2.24, 2.45) is 0 Å². The van der Waals surface area contributed by atoms with Crippen molar-refractivity contribution in [2.45, 2.75) is 0 Å². The van der Waals surface area contributed by atoms with Crippen LogP contribution in [0.15, 0.2) is 103 Å². The van der Waals surface area contributed by atoms with Crippen molar-refractivity contribution in [1.29, 1.82) is 0 Å². The maximum Gasteiger partial charge on any atom is 0.524 e. The summed E-state index contributed by atoms with van der Waals surface area (Å²) < 4.78 is 17.4. The van der Waals surface area contributed by atoms with Gasteiger partial charge in [-0.3, -0.25) is 9.79 Å². The Morgan fingerprint density at radius 1 is 0.613 bits per heavy atom. The van der Waals surface area contributed by atoms with Crippen LogP contribution in [0.3, 0.4) is 0 Å². The fraction of sp³-hybridized carbons (Fsp3) is 0. The van der Waals surface area contributed by atoms with Gasteiger partial charge in [-0.1, -0.05) is 84.9 Å². The normalized spacial score (nSPS) is 11.7. The van der Waals surface area contributed by atoms with Crippen LogP contribution in [-0.4, -0.2) is 9.79 Å². The molecular formula is C26H19O4P. The molecule has 0 aromatic heterocycles. The molecule has 5 aromatic rings. The van der Waals surface area contributed by atoms with Crippen molar-refractivity contribution in [1.82, 2.24) is 0 Å². The summed E-state index contributed by atoms with van der Waals surface area (Å²) in [6, 6.07) is 33.2. The lowest BCUT2D eigenvalue weighted by Gasteiger charge is -2.20. The largest absolute Gasteiger partial charge is 0.524 e. The van der Waals surface area contributed by atoms with Gasteiger partial charge < -0.3 is 4.52 Å². The van der Waals surface area contributed by atoms with Crippen molar-refractivity contribution in [2.75, 3.05) is 0 Å². The van der Waals surface area contributed by atoms with E-state index in [1.54, 1.807) is 0 Å². The molecule has 0 aliphatic carbocycles. The van der Waals surface area contributed by atoms with E-state index in [0.717, 1.165) is 32.8 Å². The molecular weight excluding hydrogens is 407 g/mol. The van der Waals surface area contributed by atoms with Gasteiger partial charge in [0.1, 0.15) is 5.75 Å². The molecule has 5 aromatic carbocycles. The Morgan fingerprint density at radius 3 is 1.77 bits per heavy atom. The van der Waals surface area contributed by atoms with Crippen molar-refractivity contribution in [3.63, 3.8) is 0 Å². The second-order valence-electron chi connectivity index (χ2n) is 7.36. The minimum absolute atomic E-state index is 0.182. The van der Waals surface area contributed by atoms with Gasteiger partial charge in [0, 0.05) is 10.9 Å². The van der Waals surface area contributed by atoms with Crippen molar-refractivity contribution in [3.05, 3.63) is 103 Å². The molecule has 152 valence electrons. The first-order valence-electron chi connectivity index (χ1n) is 9.85. The molecule has 0 bridgehead atoms. The Bertz CT molecular complexity index is 1440. The SMILES string of the molecule is O=P(O)(O)Oc1c(-c2ccccc2)c(-c2ccccc2)cc2cc3ccccc3cc12. The van der Waals surface area contributed by atoms with Gasteiger partial charge in [0.15, 0.2) is 0 Å². The van der Waals surface area contributed by atoms with E-state index in [2.05, 4.69) is 6.07 Å². The first kappa shape index (κ1) is 19.5. The predicted octanol–water partition coefficient (Wildman–Crippen LogP) is 6.80. The Kier molecular flexibility index (Phi) is 4.84. The smallest absolute Gasteiger partial charge is 0.403 e. The maximum absolute atomic E-state index is 12.0. The summed E-state index contributed by atoms with van der Waals surface area (Å²) in [5, 5.41) is 3.52. The first-order chi connectivity index (χ1) is 15.0. The van der Waals surface area contributed by atoms with E-state index in [0.29, 0.717) is 10.9 Å². The number of fused-ring (bicyclic) bond motifs is 2. The summed E-state index contributed by atoms with van der Waals surface area (Å²) in [6.45, 7) is 0. The lowest BCUT2D eigenvalue weighted by molar-refractivity contribution is 0.285. The van der Waals surface area contributed by atoms with Crippen molar-refractivity contribution in [3.8, 4) is 28.0 Å². The fourth-order valence-corrected chi connectivity index (χ4v) is 4.44. The van der Waals surface area contributed by atoms with E-state index >= 15 is 0 Å². The van der Waals surface area contributed by atoms with Gasteiger partial charge in [0.2, 0.25) is 0 Å². The van der Waals surface area contributed by atoms with E-state index in [4.69, 9.17) is 4.52 Å². The molecule has 0 radical (unpaired) electrons. The molecule has 0 amide bonds. The number of benzene rings is 5. The lowest BCUT2D eigenvalue weighted by Crippen LogP contribution is -1.97. The molecule has 5 rings (SSSR count). The molecule has 5 heteroatoms. The van der Waals surface area contributed by atoms with E-state index < -0.39 is 7.82 Å². The lowest BCUT2D eigenvalue weighted by atomic mass is 9.89. The number of phosphoric acid groups is 1. The minimum atomic E-state index is -4.81. The van der Waals surface area contributed by atoms with E-state index in [-0.39, 0.29) is 5.75 Å². The fourth-order valence-electron chi connectivity index (χ4n) is 4.01. The quantitative estimate of drug-likeness (QED) is 0.245. The summed E-state index contributed by atoms with van der Waals surface area (Å²) in [5.41, 5.74) is 3.25. The highest BCUT2D eigenvalue weighted by molar-refractivity contribution is 7.46. The van der Waals surface area contributed by atoms with E-state index in [9.17, 15) is 14.4 Å². The Hall–Kier alpha value is -3.43. The highest BCUT2D eigenvalue weighted by Crippen LogP contribution is 2.50. The molecule has 0 atom stereocenters. The average molecular weight is 426 g/mol. The Labute approximate surface area is 179 Å². The molecule has 4 nitrogen and oxygen atoms in total. The Morgan fingerprint density at radius 2 is 1.16 bits per heavy atom. The standard InChI is InChI=1S/C26H19O4P/c27-31(28,29)30-26-24-16-21-14-8-7-13-20(21)15-22(24)17-23(18-9-3-1-4-10-18)25(26)19-11-5-2-6-12-19/h1-17H,(H2,27,28,29). The van der Waals surface area contributed by atoms with Gasteiger partial charge in [-0.05, 0) is 51.0 Å². The number of hydrogen-bond donors (Lipinski definition) is 2. The highest BCUT2D eigenvalue weighted by atomic mass is 31.2. The third-order valence-corrected chi connectivity index (χ3v) is 5.74. The van der Waals surface area contributed by atoms with Crippen LogP contribution in [0, 0.1) is 0 Å². The summed E-state index contributed by atoms with van der Waals surface area (Å²) >= 11 is 0. The van der Waals surface area contributed by atoms with E-state index in [1.807, 2.05) is 97.1 Å². The molecule has 0 saturated heterocycles. The first-order valence-corrected chi connectivity index (χ1v) is 11.4. The summed E-state index contributed by atoms with van der Waals surface area (Å²) in [6.07, 6.45) is 0. The maximum atomic E-state index is 12.0. The molecule has 0 unspecified atom stereocenters. The van der Waals surface area contributed by atoms with Crippen LogP contribution < -0.4 is 4.52 Å². The van der Waals surface area contributed by atoms with Gasteiger partial charge >= 0.3 is 7.82 Å². The third kappa shape index (κ3) is 3.85.